The fourth-order valence-corrected chi connectivity index (χ4v) is 3.23. The first-order chi connectivity index (χ1) is 8.18. The number of carbonyl (C=O) groups excluding carboxylic acids is 1. The molecule has 0 aromatic carbocycles. The van der Waals surface area contributed by atoms with Gasteiger partial charge in [0.1, 0.15) is 4.88 Å². The van der Waals surface area contributed by atoms with Gasteiger partial charge in [-0.15, -0.1) is 22.9 Å². The summed E-state index contributed by atoms with van der Waals surface area (Å²) in [5.41, 5.74) is 2.50. The molecule has 5 heteroatoms. The van der Waals surface area contributed by atoms with E-state index in [1.54, 1.807) is 5.51 Å². The quantitative estimate of drug-likeness (QED) is 0.664. The maximum atomic E-state index is 12.1. The topological polar surface area (TPSA) is 42.0 Å². The van der Waals surface area contributed by atoms with E-state index in [2.05, 4.69) is 10.3 Å². The molecule has 1 aromatic rings. The van der Waals surface area contributed by atoms with Gasteiger partial charge in [-0.05, 0) is 19.8 Å². The lowest BCUT2D eigenvalue weighted by Crippen LogP contribution is -2.40. The van der Waals surface area contributed by atoms with E-state index in [-0.39, 0.29) is 17.3 Å². The molecule has 0 saturated heterocycles. The van der Waals surface area contributed by atoms with Crippen LogP contribution in [0.25, 0.3) is 0 Å². The van der Waals surface area contributed by atoms with Crippen molar-refractivity contribution in [1.29, 1.82) is 0 Å². The molecule has 0 bridgehead atoms. The van der Waals surface area contributed by atoms with Crippen LogP contribution in [0, 0.1) is 6.92 Å². The van der Waals surface area contributed by atoms with Crippen LogP contribution in [0.2, 0.25) is 0 Å². The van der Waals surface area contributed by atoms with Gasteiger partial charge in [-0.3, -0.25) is 4.79 Å². The predicted molar refractivity (Wildman–Crippen MR) is 70.8 cm³/mol. The zero-order chi connectivity index (χ0) is 12.3. The Hall–Kier alpha value is -0.610. The molecular formula is C12H17ClN2OS. The van der Waals surface area contributed by atoms with E-state index in [1.807, 2.05) is 6.92 Å². The van der Waals surface area contributed by atoms with Gasteiger partial charge < -0.3 is 5.32 Å². The molecule has 3 nitrogen and oxygen atoms in total. The number of thiazole rings is 1. The van der Waals surface area contributed by atoms with Gasteiger partial charge >= 0.3 is 0 Å². The number of aryl methyl sites for hydroxylation is 1. The second-order valence-electron chi connectivity index (χ2n) is 4.50. The monoisotopic (exact) mass is 272 g/mol. The molecule has 1 aromatic heterocycles. The summed E-state index contributed by atoms with van der Waals surface area (Å²) in [6.45, 7) is 1.86. The highest BCUT2D eigenvalue weighted by molar-refractivity contribution is 7.11. The molecule has 1 aliphatic carbocycles. The highest BCUT2D eigenvalue weighted by Gasteiger charge is 2.24. The summed E-state index contributed by atoms with van der Waals surface area (Å²) in [6, 6.07) is 0.105. The van der Waals surface area contributed by atoms with Gasteiger partial charge in [0, 0.05) is 6.04 Å². The molecule has 2 rings (SSSR count). The van der Waals surface area contributed by atoms with Crippen molar-refractivity contribution in [2.24, 2.45) is 0 Å². The molecule has 0 spiro atoms. The molecule has 1 fully saturated rings. The molecule has 94 valence electrons. The van der Waals surface area contributed by atoms with Crippen molar-refractivity contribution in [2.45, 2.75) is 50.4 Å². The lowest BCUT2D eigenvalue weighted by molar-refractivity contribution is 0.0937. The number of nitrogens with zero attached hydrogens (tertiary/aromatic N) is 1. The van der Waals surface area contributed by atoms with Crippen LogP contribution in [-0.4, -0.2) is 22.3 Å². The number of amides is 1. The number of rotatable bonds is 2. The number of halogens is 1. The third-order valence-electron chi connectivity index (χ3n) is 3.20. The number of alkyl halides is 1. The summed E-state index contributed by atoms with van der Waals surface area (Å²) in [7, 11) is 0. The molecule has 1 aliphatic rings. The Kier molecular flexibility index (Phi) is 4.40. The summed E-state index contributed by atoms with van der Waals surface area (Å²) in [6.07, 6.45) is 5.51. The van der Waals surface area contributed by atoms with Gasteiger partial charge in [-0.2, -0.15) is 0 Å². The Bertz CT molecular complexity index is 394. The Labute approximate surface area is 111 Å². The normalized spacial score (nSPS) is 25.3. The zero-order valence-corrected chi connectivity index (χ0v) is 11.5. The minimum Gasteiger partial charge on any atom is -0.347 e. The Morgan fingerprint density at radius 3 is 2.94 bits per heavy atom. The number of aromatic nitrogens is 1. The largest absolute Gasteiger partial charge is 0.347 e. The summed E-state index contributed by atoms with van der Waals surface area (Å²) < 4.78 is 0. The number of carbonyl (C=O) groups is 1. The summed E-state index contributed by atoms with van der Waals surface area (Å²) >= 11 is 7.69. The summed E-state index contributed by atoms with van der Waals surface area (Å²) in [4.78, 5) is 16.9. The summed E-state index contributed by atoms with van der Waals surface area (Å²) in [5.74, 6) is -0.0254. The number of hydrogen-bond donors (Lipinski definition) is 1. The fraction of sp³-hybridized carbons (Fsp3) is 0.667. The van der Waals surface area contributed by atoms with Crippen molar-refractivity contribution in [3.63, 3.8) is 0 Å². The van der Waals surface area contributed by atoms with E-state index in [0.717, 1.165) is 25.0 Å². The van der Waals surface area contributed by atoms with Crippen LogP contribution in [0.3, 0.4) is 0 Å². The molecule has 1 amide bonds. The van der Waals surface area contributed by atoms with Gasteiger partial charge in [0.15, 0.2) is 0 Å². The van der Waals surface area contributed by atoms with Crippen molar-refractivity contribution in [1.82, 2.24) is 10.3 Å². The van der Waals surface area contributed by atoms with Crippen LogP contribution in [0.4, 0.5) is 0 Å². The highest BCUT2D eigenvalue weighted by Crippen LogP contribution is 2.23. The smallest absolute Gasteiger partial charge is 0.263 e. The maximum Gasteiger partial charge on any atom is 0.263 e. The van der Waals surface area contributed by atoms with E-state index in [9.17, 15) is 4.79 Å². The lowest BCUT2D eigenvalue weighted by Gasteiger charge is -2.20. The molecule has 0 aliphatic heterocycles. The van der Waals surface area contributed by atoms with E-state index in [1.165, 1.54) is 24.2 Å². The minimum atomic E-state index is -0.0254. The van der Waals surface area contributed by atoms with Crippen molar-refractivity contribution >= 4 is 28.8 Å². The van der Waals surface area contributed by atoms with Crippen LogP contribution in [0.15, 0.2) is 5.51 Å². The average molecular weight is 273 g/mol. The highest BCUT2D eigenvalue weighted by atomic mass is 35.5. The first-order valence-corrected chi connectivity index (χ1v) is 7.35. The second kappa shape index (κ2) is 5.83. The summed E-state index contributed by atoms with van der Waals surface area (Å²) in [5, 5.41) is 3.12. The van der Waals surface area contributed by atoms with Gasteiger partial charge in [0.25, 0.3) is 5.91 Å². The third-order valence-corrected chi connectivity index (χ3v) is 4.65. The van der Waals surface area contributed by atoms with E-state index < -0.39 is 0 Å². The van der Waals surface area contributed by atoms with Crippen LogP contribution < -0.4 is 5.32 Å². The standard InChI is InChI=1S/C12H17ClN2OS/c1-8-11(17-7-14-8)12(16)15-10-6-4-2-3-5-9(10)13/h7,9-10H,2-6H2,1H3,(H,15,16). The predicted octanol–water partition coefficient (Wildman–Crippen LogP) is 3.12. The molecule has 1 N–H and O–H groups in total. The van der Waals surface area contributed by atoms with Gasteiger partial charge in [0.2, 0.25) is 0 Å². The van der Waals surface area contributed by atoms with Crippen molar-refractivity contribution in [3.8, 4) is 0 Å². The van der Waals surface area contributed by atoms with E-state index >= 15 is 0 Å². The molecule has 2 atom stereocenters. The van der Waals surface area contributed by atoms with Gasteiger partial charge in [0.05, 0.1) is 16.6 Å². The molecule has 0 radical (unpaired) electrons. The van der Waals surface area contributed by atoms with E-state index in [4.69, 9.17) is 11.6 Å². The SMILES string of the molecule is Cc1ncsc1C(=O)NC1CCCCCC1Cl. The van der Waals surface area contributed by atoms with Crippen molar-refractivity contribution in [3.05, 3.63) is 16.1 Å². The van der Waals surface area contributed by atoms with Crippen LogP contribution in [0.5, 0.6) is 0 Å². The number of nitrogens with one attached hydrogen (secondary N) is 1. The lowest BCUT2D eigenvalue weighted by atomic mass is 10.1. The molecule has 2 unspecified atom stereocenters. The minimum absolute atomic E-state index is 0.0254. The van der Waals surface area contributed by atoms with Crippen LogP contribution in [-0.2, 0) is 0 Å². The van der Waals surface area contributed by atoms with Crippen LogP contribution in [0.1, 0.15) is 47.5 Å². The molecule has 17 heavy (non-hydrogen) atoms. The second-order valence-corrected chi connectivity index (χ2v) is 5.92. The Morgan fingerprint density at radius 2 is 2.24 bits per heavy atom. The molecular weight excluding hydrogens is 256 g/mol. The van der Waals surface area contributed by atoms with Gasteiger partial charge in [-0.1, -0.05) is 19.3 Å². The molecule has 1 saturated carbocycles. The zero-order valence-electron chi connectivity index (χ0n) is 9.91. The van der Waals surface area contributed by atoms with E-state index in [0.29, 0.717) is 4.88 Å². The number of hydrogen-bond acceptors (Lipinski definition) is 3. The molecule has 1 heterocycles. The average Bonchev–Trinajstić information content (AvgIpc) is 2.63. The first kappa shape index (κ1) is 12.8. The Morgan fingerprint density at radius 1 is 1.47 bits per heavy atom. The van der Waals surface area contributed by atoms with Crippen LogP contribution >= 0.6 is 22.9 Å². The van der Waals surface area contributed by atoms with Crippen molar-refractivity contribution < 1.29 is 4.79 Å². The van der Waals surface area contributed by atoms with Gasteiger partial charge in [-0.25, -0.2) is 4.98 Å². The first-order valence-electron chi connectivity index (χ1n) is 6.03. The fourth-order valence-electron chi connectivity index (χ4n) is 2.18. The maximum absolute atomic E-state index is 12.1. The Balaban J connectivity index is 2.00. The third kappa shape index (κ3) is 3.19. The van der Waals surface area contributed by atoms with Crippen molar-refractivity contribution in [2.75, 3.05) is 0 Å².